The molecule has 1 fully saturated rings. The molecule has 3 rings (SSSR count). The third-order valence-corrected chi connectivity index (χ3v) is 4.67. The summed E-state index contributed by atoms with van der Waals surface area (Å²) >= 11 is 6.05. The minimum atomic E-state index is -0.0550. The van der Waals surface area contributed by atoms with Crippen LogP contribution in [0.2, 0.25) is 5.02 Å². The molecule has 0 radical (unpaired) electrons. The van der Waals surface area contributed by atoms with Gasteiger partial charge in [-0.25, -0.2) is 0 Å². The number of phenols is 1. The first kappa shape index (κ1) is 12.8. The molecule has 0 bridgehead atoms. The van der Waals surface area contributed by atoms with Crippen molar-refractivity contribution >= 4 is 22.4 Å². The van der Waals surface area contributed by atoms with E-state index in [0.717, 1.165) is 34.2 Å². The van der Waals surface area contributed by atoms with Crippen LogP contribution in [0.3, 0.4) is 0 Å². The lowest BCUT2D eigenvalue weighted by molar-refractivity contribution is 0.406. The molecule has 0 spiro atoms. The van der Waals surface area contributed by atoms with E-state index in [1.165, 1.54) is 12.8 Å². The van der Waals surface area contributed by atoms with Crippen LogP contribution in [0.25, 0.3) is 10.8 Å². The van der Waals surface area contributed by atoms with Crippen LogP contribution in [0.15, 0.2) is 30.3 Å². The number of benzene rings is 2. The van der Waals surface area contributed by atoms with Crippen LogP contribution in [-0.4, -0.2) is 11.7 Å². The lowest BCUT2D eigenvalue weighted by Gasteiger charge is -2.29. The van der Waals surface area contributed by atoms with Crippen molar-refractivity contribution in [2.75, 3.05) is 6.54 Å². The molecule has 1 saturated carbocycles. The maximum absolute atomic E-state index is 10.3. The number of nitrogens with two attached hydrogens (primary N) is 1. The van der Waals surface area contributed by atoms with Gasteiger partial charge in [0.25, 0.3) is 0 Å². The van der Waals surface area contributed by atoms with Gasteiger partial charge in [-0.15, -0.1) is 0 Å². The van der Waals surface area contributed by atoms with Gasteiger partial charge in [0.2, 0.25) is 0 Å². The van der Waals surface area contributed by atoms with E-state index in [-0.39, 0.29) is 5.41 Å². The zero-order valence-electron chi connectivity index (χ0n) is 10.8. The quantitative estimate of drug-likeness (QED) is 0.871. The SMILES string of the molecule is NCC1(c2cc3cc(Cl)ccc3cc2O)CCCC1. The summed E-state index contributed by atoms with van der Waals surface area (Å²) in [6, 6.07) is 9.62. The summed E-state index contributed by atoms with van der Waals surface area (Å²) in [5.74, 6) is 0.363. The average molecular weight is 276 g/mol. The maximum Gasteiger partial charge on any atom is 0.120 e. The van der Waals surface area contributed by atoms with Crippen molar-refractivity contribution in [3.05, 3.63) is 40.9 Å². The predicted molar refractivity (Wildman–Crippen MR) is 79.8 cm³/mol. The minimum absolute atomic E-state index is 0.0550. The van der Waals surface area contributed by atoms with Crippen LogP contribution in [-0.2, 0) is 5.41 Å². The van der Waals surface area contributed by atoms with E-state index in [1.807, 2.05) is 24.3 Å². The first-order valence-electron chi connectivity index (χ1n) is 6.77. The van der Waals surface area contributed by atoms with Crippen LogP contribution >= 0.6 is 11.6 Å². The molecule has 0 saturated heterocycles. The fourth-order valence-electron chi connectivity index (χ4n) is 3.32. The second-order valence-electron chi connectivity index (χ2n) is 5.55. The Morgan fingerprint density at radius 2 is 1.84 bits per heavy atom. The van der Waals surface area contributed by atoms with Gasteiger partial charge in [0.05, 0.1) is 0 Å². The van der Waals surface area contributed by atoms with Gasteiger partial charge in [0, 0.05) is 22.5 Å². The molecule has 1 aliphatic rings. The number of fused-ring (bicyclic) bond motifs is 1. The Labute approximate surface area is 118 Å². The number of hydrogen-bond acceptors (Lipinski definition) is 2. The molecule has 0 atom stereocenters. The van der Waals surface area contributed by atoms with Gasteiger partial charge >= 0.3 is 0 Å². The summed E-state index contributed by atoms with van der Waals surface area (Å²) in [7, 11) is 0. The van der Waals surface area contributed by atoms with Gasteiger partial charge in [-0.1, -0.05) is 30.5 Å². The number of halogens is 1. The molecule has 3 N–H and O–H groups in total. The predicted octanol–water partition coefficient (Wildman–Crippen LogP) is 3.97. The summed E-state index contributed by atoms with van der Waals surface area (Å²) < 4.78 is 0. The van der Waals surface area contributed by atoms with Gasteiger partial charge in [-0.3, -0.25) is 0 Å². The molecule has 100 valence electrons. The second-order valence-corrected chi connectivity index (χ2v) is 5.99. The van der Waals surface area contributed by atoms with E-state index < -0.39 is 0 Å². The Morgan fingerprint density at radius 3 is 2.53 bits per heavy atom. The van der Waals surface area contributed by atoms with Crippen LogP contribution in [0, 0.1) is 0 Å². The van der Waals surface area contributed by atoms with Crippen molar-refractivity contribution in [2.24, 2.45) is 5.73 Å². The van der Waals surface area contributed by atoms with E-state index in [1.54, 1.807) is 0 Å². The number of phenolic OH excluding ortho intramolecular Hbond substituents is 1. The Morgan fingerprint density at radius 1 is 1.11 bits per heavy atom. The second kappa shape index (κ2) is 4.69. The fourth-order valence-corrected chi connectivity index (χ4v) is 3.50. The van der Waals surface area contributed by atoms with Gasteiger partial charge < -0.3 is 10.8 Å². The normalized spacial score (nSPS) is 18.0. The van der Waals surface area contributed by atoms with Crippen LogP contribution in [0.5, 0.6) is 5.75 Å². The van der Waals surface area contributed by atoms with E-state index >= 15 is 0 Å². The van der Waals surface area contributed by atoms with E-state index in [4.69, 9.17) is 17.3 Å². The standard InChI is InChI=1S/C16H18ClNO/c17-13-4-3-11-9-15(19)14(8-12(11)7-13)16(10-18)5-1-2-6-16/h3-4,7-9,19H,1-2,5-6,10,18H2. The number of hydrogen-bond donors (Lipinski definition) is 2. The lowest BCUT2D eigenvalue weighted by Crippen LogP contribution is -2.32. The Balaban J connectivity index is 2.20. The lowest BCUT2D eigenvalue weighted by atomic mass is 9.78. The first-order valence-corrected chi connectivity index (χ1v) is 7.15. The molecule has 2 nitrogen and oxygen atoms in total. The molecule has 0 aliphatic heterocycles. The zero-order valence-corrected chi connectivity index (χ0v) is 11.6. The molecule has 19 heavy (non-hydrogen) atoms. The van der Waals surface area contributed by atoms with Gasteiger partial charge in [-0.05, 0) is 47.9 Å². The highest BCUT2D eigenvalue weighted by atomic mass is 35.5. The van der Waals surface area contributed by atoms with Crippen molar-refractivity contribution in [2.45, 2.75) is 31.1 Å². The molecule has 0 heterocycles. The van der Waals surface area contributed by atoms with Crippen molar-refractivity contribution in [3.8, 4) is 5.75 Å². The number of rotatable bonds is 2. The summed E-state index contributed by atoms with van der Waals surface area (Å²) in [5, 5.41) is 13.1. The van der Waals surface area contributed by atoms with Crippen molar-refractivity contribution < 1.29 is 5.11 Å². The molecule has 1 aliphatic carbocycles. The maximum atomic E-state index is 10.3. The fraction of sp³-hybridized carbons (Fsp3) is 0.375. The summed E-state index contributed by atoms with van der Waals surface area (Å²) in [6.45, 7) is 0.590. The van der Waals surface area contributed by atoms with Crippen molar-refractivity contribution in [3.63, 3.8) is 0 Å². The van der Waals surface area contributed by atoms with Crippen LogP contribution in [0.4, 0.5) is 0 Å². The molecule has 2 aromatic carbocycles. The highest BCUT2D eigenvalue weighted by Crippen LogP contribution is 2.45. The Hall–Kier alpha value is -1.25. The van der Waals surface area contributed by atoms with Crippen molar-refractivity contribution in [1.29, 1.82) is 0 Å². The molecule has 3 heteroatoms. The van der Waals surface area contributed by atoms with Gasteiger partial charge in [0.1, 0.15) is 5.75 Å². The highest BCUT2D eigenvalue weighted by Gasteiger charge is 2.36. The Bertz CT molecular complexity index is 617. The topological polar surface area (TPSA) is 46.2 Å². The summed E-state index contributed by atoms with van der Waals surface area (Å²) in [5.41, 5.74) is 6.94. The van der Waals surface area contributed by atoms with Gasteiger partial charge in [-0.2, -0.15) is 0 Å². The van der Waals surface area contributed by atoms with E-state index in [0.29, 0.717) is 12.3 Å². The molecular formula is C16H18ClNO. The minimum Gasteiger partial charge on any atom is -0.508 e. The highest BCUT2D eigenvalue weighted by molar-refractivity contribution is 6.31. The molecular weight excluding hydrogens is 258 g/mol. The third-order valence-electron chi connectivity index (χ3n) is 4.44. The van der Waals surface area contributed by atoms with Crippen molar-refractivity contribution in [1.82, 2.24) is 0 Å². The summed E-state index contributed by atoms with van der Waals surface area (Å²) in [4.78, 5) is 0. The number of aromatic hydroxyl groups is 1. The molecule has 0 unspecified atom stereocenters. The van der Waals surface area contributed by atoms with Crippen LogP contribution in [0.1, 0.15) is 31.2 Å². The van der Waals surface area contributed by atoms with E-state index in [9.17, 15) is 5.11 Å². The smallest absolute Gasteiger partial charge is 0.120 e. The Kier molecular flexibility index (Phi) is 3.15. The molecule has 0 amide bonds. The summed E-state index contributed by atoms with van der Waals surface area (Å²) in [6.07, 6.45) is 4.49. The van der Waals surface area contributed by atoms with Crippen LogP contribution < -0.4 is 5.73 Å². The average Bonchev–Trinajstić information content (AvgIpc) is 2.88. The first-order chi connectivity index (χ1) is 9.14. The molecule has 0 aromatic heterocycles. The zero-order chi connectivity index (χ0) is 13.5. The third kappa shape index (κ3) is 2.09. The molecule has 2 aromatic rings. The van der Waals surface area contributed by atoms with Gasteiger partial charge in [0.15, 0.2) is 0 Å². The largest absolute Gasteiger partial charge is 0.508 e. The van der Waals surface area contributed by atoms with E-state index in [2.05, 4.69) is 6.07 Å². The monoisotopic (exact) mass is 275 g/mol.